The maximum absolute atomic E-state index is 11.3. The van der Waals surface area contributed by atoms with Crippen LogP contribution >= 0.6 is 0 Å². The van der Waals surface area contributed by atoms with Gasteiger partial charge in [-0.1, -0.05) is 18.2 Å². The van der Waals surface area contributed by atoms with E-state index in [9.17, 15) is 4.79 Å². The molecule has 0 radical (unpaired) electrons. The first kappa shape index (κ1) is 11.9. The van der Waals surface area contributed by atoms with Crippen molar-refractivity contribution in [1.82, 2.24) is 0 Å². The predicted octanol–water partition coefficient (Wildman–Crippen LogP) is 3.43. The topological polar surface area (TPSA) is 17.1 Å². The van der Waals surface area contributed by atoms with Gasteiger partial charge in [0, 0.05) is 0 Å². The van der Waals surface area contributed by atoms with Crippen LogP contribution in [0.2, 0.25) is 0 Å². The van der Waals surface area contributed by atoms with Crippen molar-refractivity contribution >= 4 is 5.78 Å². The fourth-order valence-electron chi connectivity index (χ4n) is 0.964. The van der Waals surface area contributed by atoms with Crippen LogP contribution in [-0.4, -0.2) is 5.78 Å². The van der Waals surface area contributed by atoms with Crippen LogP contribution in [0.25, 0.3) is 0 Å². The van der Waals surface area contributed by atoms with Crippen molar-refractivity contribution in [1.29, 1.82) is 0 Å². The Morgan fingerprint density at radius 2 is 1.77 bits per heavy atom. The Morgan fingerprint density at radius 3 is 2.15 bits per heavy atom. The molecule has 0 bridgehead atoms. The molecule has 0 heterocycles. The van der Waals surface area contributed by atoms with E-state index >= 15 is 0 Å². The van der Waals surface area contributed by atoms with Crippen LogP contribution in [0.1, 0.15) is 33.6 Å². The lowest BCUT2D eigenvalue weighted by Gasteiger charge is -1.99. The number of hydrogen-bond acceptors (Lipinski definition) is 1. The second kappa shape index (κ2) is 5.52. The van der Waals surface area contributed by atoms with Crippen molar-refractivity contribution in [3.63, 3.8) is 0 Å². The van der Waals surface area contributed by atoms with Gasteiger partial charge in [-0.25, -0.2) is 0 Å². The number of carbonyl (C=O) groups is 1. The summed E-state index contributed by atoms with van der Waals surface area (Å²) < 4.78 is 0. The van der Waals surface area contributed by atoms with Gasteiger partial charge in [0.05, 0.1) is 0 Å². The second-order valence-corrected chi connectivity index (χ2v) is 3.49. The van der Waals surface area contributed by atoms with E-state index < -0.39 is 0 Å². The molecule has 0 unspecified atom stereocenters. The van der Waals surface area contributed by atoms with Crippen LogP contribution in [0.5, 0.6) is 0 Å². The molecular formula is C12H18O. The highest BCUT2D eigenvalue weighted by molar-refractivity contribution is 6.06. The normalized spacial score (nSPS) is 11.2. The summed E-state index contributed by atoms with van der Waals surface area (Å²) in [6.07, 6.45) is 3.78. The molecule has 0 atom stereocenters. The Morgan fingerprint density at radius 1 is 1.23 bits per heavy atom. The summed E-state index contributed by atoms with van der Waals surface area (Å²) in [7, 11) is 0. The second-order valence-electron chi connectivity index (χ2n) is 3.49. The molecule has 0 aliphatic carbocycles. The first-order valence-electron chi connectivity index (χ1n) is 4.46. The number of allylic oxidation sites excluding steroid dienone is 4. The Labute approximate surface area is 80.8 Å². The Hall–Kier alpha value is -1.11. The summed E-state index contributed by atoms with van der Waals surface area (Å²) in [5.41, 5.74) is 2.53. The molecule has 0 saturated heterocycles. The third kappa shape index (κ3) is 5.18. The zero-order chi connectivity index (χ0) is 10.4. The van der Waals surface area contributed by atoms with Crippen LogP contribution in [0.4, 0.5) is 0 Å². The molecule has 0 aromatic carbocycles. The van der Waals surface area contributed by atoms with E-state index in [-0.39, 0.29) is 5.78 Å². The van der Waals surface area contributed by atoms with Crippen LogP contribution in [-0.2, 0) is 4.79 Å². The smallest absolute Gasteiger partial charge is 0.183 e. The maximum atomic E-state index is 11.3. The lowest BCUT2D eigenvalue weighted by Crippen LogP contribution is -1.99. The molecule has 0 fully saturated rings. The number of rotatable bonds is 5. The zero-order valence-electron chi connectivity index (χ0n) is 8.81. The van der Waals surface area contributed by atoms with Gasteiger partial charge in [0.2, 0.25) is 0 Å². The van der Waals surface area contributed by atoms with E-state index in [0.29, 0.717) is 5.57 Å². The van der Waals surface area contributed by atoms with Gasteiger partial charge in [0.1, 0.15) is 0 Å². The minimum Gasteiger partial charge on any atom is -0.289 e. The lowest BCUT2D eigenvalue weighted by atomic mass is 10.1. The molecular weight excluding hydrogens is 160 g/mol. The van der Waals surface area contributed by atoms with Gasteiger partial charge in [0.15, 0.2) is 5.78 Å². The quantitative estimate of drug-likeness (QED) is 0.465. The SMILES string of the molecule is C=C(C)CC/C=C(\C)C(=O)C(=C)C. The van der Waals surface area contributed by atoms with Gasteiger partial charge < -0.3 is 0 Å². The fraction of sp³-hybridized carbons (Fsp3) is 0.417. The average Bonchev–Trinajstić information content (AvgIpc) is 2.02. The van der Waals surface area contributed by atoms with Crippen molar-refractivity contribution in [2.45, 2.75) is 33.6 Å². The van der Waals surface area contributed by atoms with E-state index in [4.69, 9.17) is 0 Å². The molecule has 0 N–H and O–H groups in total. The molecule has 0 rings (SSSR count). The van der Waals surface area contributed by atoms with Gasteiger partial charge in [0.25, 0.3) is 0 Å². The molecule has 0 aliphatic rings. The molecule has 0 amide bonds. The van der Waals surface area contributed by atoms with Crippen molar-refractivity contribution in [3.8, 4) is 0 Å². The average molecular weight is 178 g/mol. The highest BCUT2D eigenvalue weighted by atomic mass is 16.1. The first-order chi connectivity index (χ1) is 5.95. The van der Waals surface area contributed by atoms with Crippen molar-refractivity contribution in [2.75, 3.05) is 0 Å². The molecule has 1 nitrogen and oxygen atoms in total. The Balaban J connectivity index is 4.10. The largest absolute Gasteiger partial charge is 0.289 e. The van der Waals surface area contributed by atoms with E-state index in [1.54, 1.807) is 6.92 Å². The van der Waals surface area contributed by atoms with Crippen molar-refractivity contribution in [2.24, 2.45) is 0 Å². The molecule has 1 heteroatoms. The van der Waals surface area contributed by atoms with E-state index in [1.807, 2.05) is 19.9 Å². The molecule has 0 saturated carbocycles. The Kier molecular flexibility index (Phi) is 5.05. The number of ketones is 1. The molecule has 0 spiro atoms. The van der Waals surface area contributed by atoms with E-state index in [1.165, 1.54) is 0 Å². The molecule has 13 heavy (non-hydrogen) atoms. The molecule has 0 aromatic rings. The Bertz CT molecular complexity index is 256. The highest BCUT2D eigenvalue weighted by Crippen LogP contribution is 2.07. The molecule has 0 aromatic heterocycles. The summed E-state index contributed by atoms with van der Waals surface area (Å²) in [4.78, 5) is 11.3. The van der Waals surface area contributed by atoms with Crippen LogP contribution in [0, 0.1) is 0 Å². The third-order valence-corrected chi connectivity index (χ3v) is 1.77. The first-order valence-corrected chi connectivity index (χ1v) is 4.46. The standard InChI is InChI=1S/C12H18O/c1-9(2)7-6-8-11(5)12(13)10(3)4/h8H,1,3,6-7H2,2,4-5H3/b11-8+. The summed E-state index contributed by atoms with van der Waals surface area (Å²) in [6.45, 7) is 13.0. The number of hydrogen-bond donors (Lipinski definition) is 0. The number of carbonyl (C=O) groups excluding carboxylic acids is 1. The fourth-order valence-corrected chi connectivity index (χ4v) is 0.964. The van der Waals surface area contributed by atoms with Crippen LogP contribution in [0.3, 0.4) is 0 Å². The van der Waals surface area contributed by atoms with E-state index in [2.05, 4.69) is 13.2 Å². The zero-order valence-corrected chi connectivity index (χ0v) is 8.81. The van der Waals surface area contributed by atoms with Gasteiger partial charge in [-0.05, 0) is 44.8 Å². The summed E-state index contributed by atoms with van der Waals surface area (Å²) in [5.74, 6) is 0.0571. The summed E-state index contributed by atoms with van der Waals surface area (Å²) in [5, 5.41) is 0. The van der Waals surface area contributed by atoms with Gasteiger partial charge in [-0.3, -0.25) is 4.79 Å². The van der Waals surface area contributed by atoms with Crippen molar-refractivity contribution in [3.05, 3.63) is 36.0 Å². The van der Waals surface area contributed by atoms with Gasteiger partial charge >= 0.3 is 0 Å². The van der Waals surface area contributed by atoms with Crippen molar-refractivity contribution < 1.29 is 4.79 Å². The van der Waals surface area contributed by atoms with Crippen LogP contribution in [0.15, 0.2) is 36.0 Å². The minimum atomic E-state index is 0.0571. The molecule has 72 valence electrons. The maximum Gasteiger partial charge on any atom is 0.183 e. The predicted molar refractivity (Wildman–Crippen MR) is 57.6 cm³/mol. The summed E-state index contributed by atoms with van der Waals surface area (Å²) in [6, 6.07) is 0. The van der Waals surface area contributed by atoms with E-state index in [0.717, 1.165) is 24.0 Å². The molecule has 0 aliphatic heterocycles. The minimum absolute atomic E-state index is 0.0571. The van der Waals surface area contributed by atoms with Crippen LogP contribution < -0.4 is 0 Å². The monoisotopic (exact) mass is 178 g/mol. The van der Waals surface area contributed by atoms with Gasteiger partial charge in [-0.15, -0.1) is 6.58 Å². The number of Topliss-reactive ketones (excluding diaryl/α,β-unsaturated/α-hetero) is 1. The van der Waals surface area contributed by atoms with Gasteiger partial charge in [-0.2, -0.15) is 0 Å². The summed E-state index contributed by atoms with van der Waals surface area (Å²) >= 11 is 0. The lowest BCUT2D eigenvalue weighted by molar-refractivity contribution is -0.112. The highest BCUT2D eigenvalue weighted by Gasteiger charge is 2.03. The third-order valence-electron chi connectivity index (χ3n) is 1.77.